The van der Waals surface area contributed by atoms with E-state index in [1.165, 1.54) is 10.6 Å². The Hall–Kier alpha value is -1.26. The summed E-state index contributed by atoms with van der Waals surface area (Å²) >= 11 is 1.71. The molecule has 1 unspecified atom stereocenters. The zero-order chi connectivity index (χ0) is 13.6. The zero-order valence-corrected chi connectivity index (χ0v) is 12.4. The number of rotatable bonds is 1. The molecule has 0 aliphatic heterocycles. The van der Waals surface area contributed by atoms with E-state index in [-0.39, 0.29) is 11.5 Å². The van der Waals surface area contributed by atoms with Crippen molar-refractivity contribution in [2.45, 2.75) is 39.7 Å². The lowest BCUT2D eigenvalue weighted by atomic mass is 9.77. The summed E-state index contributed by atoms with van der Waals surface area (Å²) in [6.07, 6.45) is 2.04. The number of aromatic nitrogens is 2. The van der Waals surface area contributed by atoms with Gasteiger partial charge in [-0.15, -0.1) is 11.3 Å². The van der Waals surface area contributed by atoms with Crippen molar-refractivity contribution in [1.29, 1.82) is 0 Å². The van der Waals surface area contributed by atoms with E-state index in [9.17, 15) is 0 Å². The van der Waals surface area contributed by atoms with Crippen molar-refractivity contribution in [3.8, 4) is 10.7 Å². The highest BCUT2D eigenvalue weighted by Crippen LogP contribution is 2.43. The fourth-order valence-corrected chi connectivity index (χ4v) is 3.82. The summed E-state index contributed by atoms with van der Waals surface area (Å²) in [4.78, 5) is 10.6. The molecule has 2 aromatic rings. The van der Waals surface area contributed by atoms with Crippen LogP contribution in [0.5, 0.6) is 0 Å². The number of hydrogen-bond donors (Lipinski definition) is 1. The largest absolute Gasteiger partial charge is 0.323 e. The molecule has 0 aromatic carbocycles. The number of nitrogens with two attached hydrogens (primary N) is 1. The fraction of sp³-hybridized carbons (Fsp3) is 0.467. The van der Waals surface area contributed by atoms with Crippen LogP contribution in [0.4, 0.5) is 0 Å². The molecule has 2 aromatic heterocycles. The van der Waals surface area contributed by atoms with Crippen LogP contribution in [0.3, 0.4) is 0 Å². The van der Waals surface area contributed by atoms with Crippen molar-refractivity contribution >= 4 is 11.3 Å². The van der Waals surface area contributed by atoms with Gasteiger partial charge in [-0.05, 0) is 37.3 Å². The number of nitrogens with zero attached hydrogens (tertiary/aromatic N) is 2. The van der Waals surface area contributed by atoms with Gasteiger partial charge in [0.05, 0.1) is 11.4 Å². The summed E-state index contributed by atoms with van der Waals surface area (Å²) in [5, 5.41) is 1.00. The summed E-state index contributed by atoms with van der Waals surface area (Å²) < 4.78 is 0. The zero-order valence-electron chi connectivity index (χ0n) is 11.6. The Morgan fingerprint density at radius 2 is 2.11 bits per heavy atom. The highest BCUT2D eigenvalue weighted by molar-refractivity contribution is 7.15. The molecule has 2 heterocycles. The molecule has 3 rings (SSSR count). The van der Waals surface area contributed by atoms with Crippen LogP contribution in [0.15, 0.2) is 18.2 Å². The molecule has 0 amide bonds. The molecule has 0 bridgehead atoms. The van der Waals surface area contributed by atoms with Gasteiger partial charge in [-0.1, -0.05) is 19.9 Å². The van der Waals surface area contributed by atoms with Crippen LogP contribution in [-0.4, -0.2) is 9.97 Å². The maximum Gasteiger partial charge on any atom is 0.142 e. The van der Waals surface area contributed by atoms with Crippen molar-refractivity contribution in [3.05, 3.63) is 34.5 Å². The van der Waals surface area contributed by atoms with Gasteiger partial charge in [-0.2, -0.15) is 0 Å². The second kappa shape index (κ2) is 4.39. The Bertz CT molecular complexity index is 616. The molecular formula is C15H19N3S. The molecule has 3 nitrogen and oxygen atoms in total. The maximum absolute atomic E-state index is 6.29. The van der Waals surface area contributed by atoms with Gasteiger partial charge in [0.25, 0.3) is 0 Å². The Morgan fingerprint density at radius 1 is 1.32 bits per heavy atom. The van der Waals surface area contributed by atoms with E-state index in [1.807, 2.05) is 25.1 Å². The van der Waals surface area contributed by atoms with Crippen LogP contribution in [-0.2, 0) is 6.42 Å². The first kappa shape index (κ1) is 12.8. The molecular weight excluding hydrogens is 254 g/mol. The molecule has 0 radical (unpaired) electrons. The second-order valence-corrected chi connectivity index (χ2v) is 7.18. The number of thiazole rings is 1. The quantitative estimate of drug-likeness (QED) is 0.865. The summed E-state index contributed by atoms with van der Waals surface area (Å²) in [7, 11) is 0. The Morgan fingerprint density at radius 3 is 2.84 bits per heavy atom. The molecule has 4 heteroatoms. The molecule has 2 N–H and O–H groups in total. The van der Waals surface area contributed by atoms with Gasteiger partial charge in [0.1, 0.15) is 5.01 Å². The van der Waals surface area contributed by atoms with Crippen LogP contribution in [0.1, 0.15) is 42.6 Å². The predicted molar refractivity (Wildman–Crippen MR) is 79.1 cm³/mol. The van der Waals surface area contributed by atoms with Crippen molar-refractivity contribution in [2.24, 2.45) is 11.1 Å². The number of pyridine rings is 1. The smallest absolute Gasteiger partial charge is 0.142 e. The predicted octanol–water partition coefficient (Wildman–Crippen LogP) is 3.49. The van der Waals surface area contributed by atoms with Crippen LogP contribution < -0.4 is 5.73 Å². The van der Waals surface area contributed by atoms with Crippen LogP contribution >= 0.6 is 11.3 Å². The van der Waals surface area contributed by atoms with E-state index >= 15 is 0 Å². The Labute approximate surface area is 117 Å². The monoisotopic (exact) mass is 273 g/mol. The molecule has 0 saturated carbocycles. The normalized spacial score (nSPS) is 21.2. The Kier molecular flexibility index (Phi) is 2.95. The van der Waals surface area contributed by atoms with E-state index in [0.717, 1.165) is 29.2 Å². The van der Waals surface area contributed by atoms with Crippen LogP contribution in [0, 0.1) is 12.3 Å². The summed E-state index contributed by atoms with van der Waals surface area (Å²) in [6.45, 7) is 6.53. The van der Waals surface area contributed by atoms with Gasteiger partial charge in [-0.25, -0.2) is 4.98 Å². The topological polar surface area (TPSA) is 51.8 Å². The van der Waals surface area contributed by atoms with Crippen LogP contribution in [0.25, 0.3) is 10.7 Å². The first-order valence-electron chi connectivity index (χ1n) is 6.64. The van der Waals surface area contributed by atoms with Gasteiger partial charge in [0.15, 0.2) is 0 Å². The lowest BCUT2D eigenvalue weighted by Gasteiger charge is -2.32. The van der Waals surface area contributed by atoms with E-state index in [0.29, 0.717) is 0 Å². The first-order chi connectivity index (χ1) is 8.94. The standard InChI is InChI=1S/C15H19N3S/c1-9-5-4-6-11(17-9)14-18-12-8-15(2,3)7-10(16)13(12)19-14/h4-6,10H,7-8,16H2,1-3H3. The van der Waals surface area contributed by atoms with Crippen molar-refractivity contribution < 1.29 is 0 Å². The second-order valence-electron chi connectivity index (χ2n) is 6.15. The summed E-state index contributed by atoms with van der Waals surface area (Å²) in [5.41, 5.74) is 9.70. The Balaban J connectivity index is 2.04. The van der Waals surface area contributed by atoms with Gasteiger partial charge in [-0.3, -0.25) is 4.98 Å². The number of hydrogen-bond acceptors (Lipinski definition) is 4. The average molecular weight is 273 g/mol. The fourth-order valence-electron chi connectivity index (χ4n) is 2.77. The molecule has 100 valence electrons. The van der Waals surface area contributed by atoms with Gasteiger partial charge in [0.2, 0.25) is 0 Å². The van der Waals surface area contributed by atoms with E-state index in [4.69, 9.17) is 10.7 Å². The van der Waals surface area contributed by atoms with Crippen LogP contribution in [0.2, 0.25) is 0 Å². The van der Waals surface area contributed by atoms with Crippen molar-refractivity contribution in [1.82, 2.24) is 9.97 Å². The van der Waals surface area contributed by atoms with Gasteiger partial charge in [0, 0.05) is 16.6 Å². The number of fused-ring (bicyclic) bond motifs is 1. The first-order valence-corrected chi connectivity index (χ1v) is 7.45. The van der Waals surface area contributed by atoms with Gasteiger partial charge >= 0.3 is 0 Å². The molecule has 0 spiro atoms. The third-order valence-electron chi connectivity index (χ3n) is 3.59. The third-order valence-corrected chi connectivity index (χ3v) is 4.84. The minimum Gasteiger partial charge on any atom is -0.323 e. The van der Waals surface area contributed by atoms with E-state index in [2.05, 4.69) is 18.8 Å². The lowest BCUT2D eigenvalue weighted by Crippen LogP contribution is -2.28. The minimum absolute atomic E-state index is 0.120. The average Bonchev–Trinajstić information content (AvgIpc) is 2.71. The van der Waals surface area contributed by atoms with E-state index in [1.54, 1.807) is 11.3 Å². The molecule has 1 aliphatic carbocycles. The van der Waals surface area contributed by atoms with Gasteiger partial charge < -0.3 is 5.73 Å². The number of aryl methyl sites for hydroxylation is 1. The van der Waals surface area contributed by atoms with Crippen molar-refractivity contribution in [2.75, 3.05) is 0 Å². The molecule has 1 aliphatic rings. The minimum atomic E-state index is 0.120. The molecule has 0 fully saturated rings. The highest BCUT2D eigenvalue weighted by atomic mass is 32.1. The van der Waals surface area contributed by atoms with E-state index < -0.39 is 0 Å². The maximum atomic E-state index is 6.29. The third kappa shape index (κ3) is 2.42. The SMILES string of the molecule is Cc1cccc(-c2nc3c(s2)C(N)CC(C)(C)C3)n1. The summed E-state index contributed by atoms with van der Waals surface area (Å²) in [5.74, 6) is 0. The lowest BCUT2D eigenvalue weighted by molar-refractivity contribution is 0.282. The molecule has 1 atom stereocenters. The summed E-state index contributed by atoms with van der Waals surface area (Å²) in [6, 6.07) is 6.18. The molecule has 0 saturated heterocycles. The highest BCUT2D eigenvalue weighted by Gasteiger charge is 2.33. The van der Waals surface area contributed by atoms with Crippen molar-refractivity contribution in [3.63, 3.8) is 0 Å². The molecule has 19 heavy (non-hydrogen) atoms.